The highest BCUT2D eigenvalue weighted by atomic mass is 19.1. The number of hydrogen-bond acceptors (Lipinski definition) is 3. The Labute approximate surface area is 163 Å². The van der Waals surface area contributed by atoms with E-state index in [1.54, 1.807) is 13.0 Å². The van der Waals surface area contributed by atoms with E-state index in [1.165, 1.54) is 20.3 Å². The highest BCUT2D eigenvalue weighted by Crippen LogP contribution is 2.32. The van der Waals surface area contributed by atoms with Crippen LogP contribution in [0.3, 0.4) is 0 Å². The number of rotatable bonds is 7. The normalized spacial score (nSPS) is 11.7. The lowest BCUT2D eigenvalue weighted by molar-refractivity contribution is -0.121. The molecule has 0 spiro atoms. The molecule has 0 aliphatic rings. The van der Waals surface area contributed by atoms with Crippen molar-refractivity contribution >= 4 is 5.91 Å². The van der Waals surface area contributed by atoms with E-state index in [0.29, 0.717) is 17.1 Å². The lowest BCUT2D eigenvalue weighted by Crippen LogP contribution is -2.28. The Morgan fingerprint density at radius 2 is 1.68 bits per heavy atom. The third-order valence-electron chi connectivity index (χ3n) is 4.55. The molecule has 0 saturated heterocycles. The molecule has 1 unspecified atom stereocenters. The fourth-order valence-electron chi connectivity index (χ4n) is 3.05. The quantitative estimate of drug-likeness (QED) is 0.671. The molecule has 3 aromatic rings. The Kier molecular flexibility index (Phi) is 5.99. The van der Waals surface area contributed by atoms with Gasteiger partial charge in [-0.1, -0.05) is 12.1 Å². The van der Waals surface area contributed by atoms with Gasteiger partial charge in [0.15, 0.2) is 11.5 Å². The lowest BCUT2D eigenvalue weighted by atomic mass is 10.1. The lowest BCUT2D eigenvalue weighted by Gasteiger charge is -2.17. The number of methoxy groups -OCH3 is 2. The first-order valence-electron chi connectivity index (χ1n) is 8.95. The number of hydrogen-bond donors (Lipinski definition) is 1. The summed E-state index contributed by atoms with van der Waals surface area (Å²) >= 11 is 0. The molecular formula is C22H23FN2O3. The maximum absolute atomic E-state index is 14.4. The van der Waals surface area contributed by atoms with Crippen LogP contribution in [-0.2, 0) is 11.2 Å². The molecule has 3 rings (SSSR count). The topological polar surface area (TPSA) is 52.5 Å². The zero-order valence-electron chi connectivity index (χ0n) is 16.1. The molecule has 1 aromatic heterocycles. The van der Waals surface area contributed by atoms with Gasteiger partial charge in [-0.05, 0) is 42.8 Å². The Hall–Kier alpha value is -3.28. The molecule has 1 atom stereocenters. The standard InChI is InChI=1S/C22H23FN2O3/c1-15(18-13-20(27-2)21(28-3)14-19(18)23)24-22(26)12-16-6-8-17(9-7-16)25-10-4-5-11-25/h4-11,13-15H,12H2,1-3H3,(H,24,26). The van der Waals surface area contributed by atoms with Gasteiger partial charge in [-0.25, -0.2) is 4.39 Å². The molecule has 0 fully saturated rings. The van der Waals surface area contributed by atoms with E-state index in [2.05, 4.69) is 5.32 Å². The van der Waals surface area contributed by atoms with E-state index < -0.39 is 11.9 Å². The van der Waals surface area contributed by atoms with Gasteiger partial charge in [-0.15, -0.1) is 0 Å². The van der Waals surface area contributed by atoms with Crippen molar-refractivity contribution in [3.05, 3.63) is 77.9 Å². The first-order chi connectivity index (χ1) is 13.5. The number of carbonyl (C=O) groups excluding carboxylic acids is 1. The van der Waals surface area contributed by atoms with Crippen molar-refractivity contribution < 1.29 is 18.7 Å². The zero-order valence-corrected chi connectivity index (χ0v) is 16.1. The van der Waals surface area contributed by atoms with Crippen LogP contribution in [0.2, 0.25) is 0 Å². The van der Waals surface area contributed by atoms with Gasteiger partial charge >= 0.3 is 0 Å². The van der Waals surface area contributed by atoms with Crippen molar-refractivity contribution in [2.24, 2.45) is 0 Å². The minimum atomic E-state index is -0.508. The molecule has 6 heteroatoms. The maximum atomic E-state index is 14.4. The van der Waals surface area contributed by atoms with Gasteiger partial charge in [0.25, 0.3) is 0 Å². The number of benzene rings is 2. The van der Waals surface area contributed by atoms with E-state index in [4.69, 9.17) is 9.47 Å². The molecular weight excluding hydrogens is 359 g/mol. The Balaban J connectivity index is 1.66. The van der Waals surface area contributed by atoms with E-state index in [0.717, 1.165) is 11.3 Å². The highest BCUT2D eigenvalue weighted by Gasteiger charge is 2.18. The smallest absolute Gasteiger partial charge is 0.224 e. The minimum absolute atomic E-state index is 0.185. The first kappa shape index (κ1) is 19.5. The maximum Gasteiger partial charge on any atom is 0.224 e. The van der Waals surface area contributed by atoms with Crippen LogP contribution in [0.15, 0.2) is 60.9 Å². The number of nitrogens with zero attached hydrogens (tertiary/aromatic N) is 1. The summed E-state index contributed by atoms with van der Waals surface area (Å²) in [5.74, 6) is 0.0857. The summed E-state index contributed by atoms with van der Waals surface area (Å²) in [6.07, 6.45) is 4.13. The highest BCUT2D eigenvalue weighted by molar-refractivity contribution is 5.79. The Morgan fingerprint density at radius 1 is 1.07 bits per heavy atom. The minimum Gasteiger partial charge on any atom is -0.493 e. The zero-order chi connectivity index (χ0) is 20.1. The van der Waals surface area contributed by atoms with Gasteiger partial charge in [-0.3, -0.25) is 4.79 Å². The monoisotopic (exact) mass is 382 g/mol. The predicted octanol–water partition coefficient (Wildman–Crippen LogP) is 4.05. The van der Waals surface area contributed by atoms with Crippen molar-refractivity contribution in [3.63, 3.8) is 0 Å². The van der Waals surface area contributed by atoms with E-state index in [9.17, 15) is 9.18 Å². The summed E-state index contributed by atoms with van der Waals surface area (Å²) in [5, 5.41) is 2.84. The van der Waals surface area contributed by atoms with Crippen molar-refractivity contribution in [1.82, 2.24) is 9.88 Å². The molecule has 0 bridgehead atoms. The Morgan fingerprint density at radius 3 is 2.29 bits per heavy atom. The predicted molar refractivity (Wildman–Crippen MR) is 106 cm³/mol. The van der Waals surface area contributed by atoms with Gasteiger partial charge in [0.2, 0.25) is 5.91 Å². The molecule has 1 amide bonds. The molecule has 0 aliphatic heterocycles. The molecule has 2 aromatic carbocycles. The number of amides is 1. The number of halogens is 1. The van der Waals surface area contributed by atoms with Crippen LogP contribution in [0.4, 0.5) is 4.39 Å². The molecule has 146 valence electrons. The average Bonchev–Trinajstić information content (AvgIpc) is 3.22. The van der Waals surface area contributed by atoms with Crippen LogP contribution >= 0.6 is 0 Å². The third kappa shape index (κ3) is 4.34. The van der Waals surface area contributed by atoms with Gasteiger partial charge in [0, 0.05) is 29.7 Å². The van der Waals surface area contributed by atoms with Crippen LogP contribution < -0.4 is 14.8 Å². The van der Waals surface area contributed by atoms with Gasteiger partial charge < -0.3 is 19.4 Å². The summed E-state index contributed by atoms with van der Waals surface area (Å²) in [4.78, 5) is 12.4. The number of aromatic nitrogens is 1. The Bertz CT molecular complexity index is 937. The second kappa shape index (κ2) is 8.61. The summed E-state index contributed by atoms with van der Waals surface area (Å²) < 4.78 is 26.7. The van der Waals surface area contributed by atoms with Crippen molar-refractivity contribution in [3.8, 4) is 17.2 Å². The molecule has 0 radical (unpaired) electrons. The molecule has 1 N–H and O–H groups in total. The fraction of sp³-hybridized carbons (Fsp3) is 0.227. The van der Waals surface area contributed by atoms with Crippen LogP contribution in [0.5, 0.6) is 11.5 Å². The fourth-order valence-corrected chi connectivity index (χ4v) is 3.05. The van der Waals surface area contributed by atoms with Gasteiger partial charge in [0.1, 0.15) is 5.82 Å². The molecule has 0 saturated carbocycles. The molecule has 5 nitrogen and oxygen atoms in total. The van der Waals surface area contributed by atoms with Gasteiger partial charge in [-0.2, -0.15) is 0 Å². The van der Waals surface area contributed by atoms with Gasteiger partial charge in [0.05, 0.1) is 26.7 Å². The molecule has 1 heterocycles. The molecule has 28 heavy (non-hydrogen) atoms. The van der Waals surface area contributed by atoms with E-state index >= 15 is 0 Å². The molecule has 0 aliphatic carbocycles. The van der Waals surface area contributed by atoms with Crippen molar-refractivity contribution in [2.45, 2.75) is 19.4 Å². The third-order valence-corrected chi connectivity index (χ3v) is 4.55. The number of ether oxygens (including phenoxy) is 2. The summed E-state index contributed by atoms with van der Waals surface area (Å²) in [5.41, 5.74) is 2.25. The first-order valence-corrected chi connectivity index (χ1v) is 8.95. The second-order valence-electron chi connectivity index (χ2n) is 6.45. The van der Waals surface area contributed by atoms with Crippen molar-refractivity contribution in [1.29, 1.82) is 0 Å². The summed E-state index contributed by atoms with van der Waals surface area (Å²) in [6.45, 7) is 1.73. The summed E-state index contributed by atoms with van der Waals surface area (Å²) in [6, 6.07) is 14.0. The van der Waals surface area contributed by atoms with E-state index in [-0.39, 0.29) is 12.3 Å². The SMILES string of the molecule is COc1cc(F)c(C(C)NC(=O)Cc2ccc(-n3cccc3)cc2)cc1OC. The average molecular weight is 382 g/mol. The van der Waals surface area contributed by atoms with Crippen LogP contribution in [0, 0.1) is 5.82 Å². The largest absolute Gasteiger partial charge is 0.493 e. The summed E-state index contributed by atoms with van der Waals surface area (Å²) in [7, 11) is 2.93. The van der Waals surface area contributed by atoms with E-state index in [1.807, 2.05) is 53.4 Å². The second-order valence-corrected chi connectivity index (χ2v) is 6.45. The number of carbonyl (C=O) groups is 1. The van der Waals surface area contributed by atoms with Crippen LogP contribution in [-0.4, -0.2) is 24.7 Å². The number of nitrogens with one attached hydrogen (secondary N) is 1. The van der Waals surface area contributed by atoms with Crippen molar-refractivity contribution in [2.75, 3.05) is 14.2 Å². The van der Waals surface area contributed by atoms with Crippen LogP contribution in [0.25, 0.3) is 5.69 Å². The van der Waals surface area contributed by atoms with Crippen LogP contribution in [0.1, 0.15) is 24.1 Å².